The number of rotatable bonds is 6. The lowest BCUT2D eigenvalue weighted by Gasteiger charge is -2.06. The predicted octanol–water partition coefficient (Wildman–Crippen LogP) is 2.69. The van der Waals surface area contributed by atoms with Crippen molar-refractivity contribution < 1.29 is 34.3 Å². The molecular formula is C14H21O7P. The van der Waals surface area contributed by atoms with E-state index in [1.807, 2.05) is 6.07 Å². The van der Waals surface area contributed by atoms with Crippen LogP contribution in [0.4, 0.5) is 0 Å². The highest BCUT2D eigenvalue weighted by atomic mass is 31.2. The maximum absolute atomic E-state index is 11.1. The van der Waals surface area contributed by atoms with Crippen LogP contribution in [0.3, 0.4) is 0 Å². The Balaban J connectivity index is 0.000000763. The van der Waals surface area contributed by atoms with E-state index in [2.05, 4.69) is 6.92 Å². The number of phosphoric acid groups is 1. The zero-order valence-corrected chi connectivity index (χ0v) is 13.1. The van der Waals surface area contributed by atoms with Crippen LogP contribution < -0.4 is 0 Å². The second-order valence-corrected chi connectivity index (χ2v) is 5.50. The van der Waals surface area contributed by atoms with Crippen LogP contribution in [-0.4, -0.2) is 30.9 Å². The molecule has 0 aliphatic heterocycles. The van der Waals surface area contributed by atoms with Crippen molar-refractivity contribution in [1.82, 2.24) is 0 Å². The highest BCUT2D eigenvalue weighted by molar-refractivity contribution is 7.45. The number of carboxylic acids is 1. The van der Waals surface area contributed by atoms with Crippen LogP contribution in [0.2, 0.25) is 0 Å². The number of unbranched alkanes of at least 4 members (excludes halogenated alkanes) is 2. The monoisotopic (exact) mass is 332 g/mol. The minimum atomic E-state index is -4.64. The molecule has 124 valence electrons. The van der Waals surface area contributed by atoms with Gasteiger partial charge in [-0.15, -0.1) is 0 Å². The van der Waals surface area contributed by atoms with E-state index in [0.29, 0.717) is 12.0 Å². The molecule has 0 bridgehead atoms. The quantitative estimate of drug-likeness (QED) is 0.234. The van der Waals surface area contributed by atoms with Crippen LogP contribution in [0.5, 0.6) is 0 Å². The molecule has 0 aliphatic carbocycles. The summed E-state index contributed by atoms with van der Waals surface area (Å²) in [5, 5.41) is 19.0. The Kier molecular flexibility index (Phi) is 9.37. The number of hydrogen-bond acceptors (Lipinski definition) is 3. The summed E-state index contributed by atoms with van der Waals surface area (Å²) in [6, 6.07) is 8.79. The predicted molar refractivity (Wildman–Crippen MR) is 82.0 cm³/mol. The molecule has 8 heteroatoms. The molecule has 0 saturated carbocycles. The lowest BCUT2D eigenvalue weighted by molar-refractivity contribution is -0.132. The zero-order valence-electron chi connectivity index (χ0n) is 12.2. The number of aliphatic hydroxyl groups excluding tert-OH is 1. The third-order valence-electron chi connectivity index (χ3n) is 2.62. The number of hydrogen-bond donors (Lipinski definition) is 5. The summed E-state index contributed by atoms with van der Waals surface area (Å²) in [6.07, 6.45) is 3.19. The fourth-order valence-electron chi connectivity index (χ4n) is 1.65. The maximum Gasteiger partial charge on any atom is 0.466 e. The summed E-state index contributed by atoms with van der Waals surface area (Å²) in [7, 11) is -4.64. The third kappa shape index (κ3) is 10.1. The Labute approximate surface area is 128 Å². The Bertz CT molecular complexity index is 525. The molecule has 22 heavy (non-hydrogen) atoms. The van der Waals surface area contributed by atoms with Gasteiger partial charge in [0.05, 0.1) is 5.57 Å². The summed E-state index contributed by atoms with van der Waals surface area (Å²) >= 11 is 0. The molecule has 0 fully saturated rings. The number of aliphatic carboxylic acids is 1. The smallest absolute Gasteiger partial charge is 0.466 e. The molecule has 0 saturated heterocycles. The van der Waals surface area contributed by atoms with E-state index in [1.54, 1.807) is 24.3 Å². The third-order valence-corrected chi connectivity index (χ3v) is 2.62. The molecule has 0 atom stereocenters. The molecule has 1 rings (SSSR count). The van der Waals surface area contributed by atoms with Crippen molar-refractivity contribution in [3.05, 3.63) is 41.5 Å². The van der Waals surface area contributed by atoms with Gasteiger partial charge in [0.25, 0.3) is 0 Å². The van der Waals surface area contributed by atoms with E-state index in [-0.39, 0.29) is 11.3 Å². The Morgan fingerprint density at radius 1 is 1.05 bits per heavy atom. The van der Waals surface area contributed by atoms with E-state index < -0.39 is 13.8 Å². The van der Waals surface area contributed by atoms with Gasteiger partial charge in [0.1, 0.15) is 5.76 Å². The maximum atomic E-state index is 11.1. The Morgan fingerprint density at radius 2 is 1.55 bits per heavy atom. The molecule has 0 aliphatic rings. The average molecular weight is 332 g/mol. The van der Waals surface area contributed by atoms with Crippen molar-refractivity contribution in [2.75, 3.05) is 0 Å². The van der Waals surface area contributed by atoms with Gasteiger partial charge in [-0.1, -0.05) is 50.1 Å². The fraction of sp³-hybridized carbons (Fsp3) is 0.357. The van der Waals surface area contributed by atoms with Gasteiger partial charge in [-0.3, -0.25) is 0 Å². The summed E-state index contributed by atoms with van der Waals surface area (Å²) in [5.41, 5.74) is 0.658. The van der Waals surface area contributed by atoms with Gasteiger partial charge in [-0.05, 0) is 12.8 Å². The first-order valence-electron chi connectivity index (χ1n) is 6.66. The topological polar surface area (TPSA) is 135 Å². The van der Waals surface area contributed by atoms with E-state index in [0.717, 1.165) is 19.3 Å². The van der Waals surface area contributed by atoms with Gasteiger partial charge in [0.2, 0.25) is 0 Å². The van der Waals surface area contributed by atoms with Crippen LogP contribution in [0.25, 0.3) is 5.76 Å². The summed E-state index contributed by atoms with van der Waals surface area (Å²) in [4.78, 5) is 32.7. The largest absolute Gasteiger partial charge is 0.507 e. The van der Waals surface area contributed by atoms with Crippen molar-refractivity contribution in [2.45, 2.75) is 32.6 Å². The second-order valence-electron chi connectivity index (χ2n) is 4.47. The number of carbonyl (C=O) groups is 1. The Morgan fingerprint density at radius 3 is 1.95 bits per heavy atom. The second kappa shape index (κ2) is 10.1. The van der Waals surface area contributed by atoms with Crippen LogP contribution in [0.15, 0.2) is 35.9 Å². The standard InChI is InChI=1S/C14H18O3.H3O4P/c1-2-3-5-10-12(14(16)17)13(15)11-8-6-4-7-9-11;1-5(2,3)4/h4,6-9,15H,2-3,5,10H2,1H3,(H,16,17);(H3,1,2,3,4). The van der Waals surface area contributed by atoms with E-state index >= 15 is 0 Å². The van der Waals surface area contributed by atoms with Gasteiger partial charge in [0.15, 0.2) is 0 Å². The van der Waals surface area contributed by atoms with Crippen molar-refractivity contribution in [2.24, 2.45) is 0 Å². The zero-order chi connectivity index (χ0) is 17.2. The molecule has 1 aromatic rings. The van der Waals surface area contributed by atoms with Crippen LogP contribution in [0.1, 0.15) is 38.2 Å². The first kappa shape index (κ1) is 20.3. The Hall–Kier alpha value is -1.66. The molecule has 7 nitrogen and oxygen atoms in total. The fourth-order valence-corrected chi connectivity index (χ4v) is 1.65. The van der Waals surface area contributed by atoms with Crippen LogP contribution >= 0.6 is 7.82 Å². The summed E-state index contributed by atoms with van der Waals surface area (Å²) < 4.78 is 8.88. The normalized spacial score (nSPS) is 12.0. The van der Waals surface area contributed by atoms with E-state index in [9.17, 15) is 9.90 Å². The van der Waals surface area contributed by atoms with Gasteiger partial charge in [-0.25, -0.2) is 9.36 Å². The lowest BCUT2D eigenvalue weighted by Crippen LogP contribution is -2.04. The van der Waals surface area contributed by atoms with Crippen LogP contribution in [-0.2, 0) is 9.36 Å². The van der Waals surface area contributed by atoms with E-state index in [4.69, 9.17) is 24.4 Å². The SMILES string of the molecule is CCCCCC(C(=O)O)=C(O)c1ccccc1.O=P(O)(O)O. The first-order chi connectivity index (χ1) is 10.2. The van der Waals surface area contributed by atoms with Crippen molar-refractivity contribution >= 4 is 19.6 Å². The van der Waals surface area contributed by atoms with Gasteiger partial charge in [0, 0.05) is 5.56 Å². The van der Waals surface area contributed by atoms with Gasteiger partial charge in [-0.2, -0.15) is 0 Å². The molecule has 0 unspecified atom stereocenters. The number of aliphatic hydroxyl groups is 1. The number of benzene rings is 1. The molecule has 0 radical (unpaired) electrons. The van der Waals surface area contributed by atoms with E-state index in [1.165, 1.54) is 0 Å². The van der Waals surface area contributed by atoms with Gasteiger partial charge < -0.3 is 24.9 Å². The highest BCUT2D eigenvalue weighted by Crippen LogP contribution is 2.25. The minimum absolute atomic E-state index is 0.102. The molecule has 0 heterocycles. The van der Waals surface area contributed by atoms with Crippen molar-refractivity contribution in [3.63, 3.8) is 0 Å². The summed E-state index contributed by atoms with van der Waals surface area (Å²) in [6.45, 7) is 2.06. The molecule has 0 amide bonds. The van der Waals surface area contributed by atoms with Crippen molar-refractivity contribution in [3.8, 4) is 0 Å². The van der Waals surface area contributed by atoms with Gasteiger partial charge >= 0.3 is 13.8 Å². The average Bonchev–Trinajstić information content (AvgIpc) is 2.42. The minimum Gasteiger partial charge on any atom is -0.507 e. The molecule has 0 aromatic heterocycles. The molecular weight excluding hydrogens is 311 g/mol. The molecule has 0 spiro atoms. The highest BCUT2D eigenvalue weighted by Gasteiger charge is 2.14. The lowest BCUT2D eigenvalue weighted by atomic mass is 10.0. The first-order valence-corrected chi connectivity index (χ1v) is 8.22. The summed E-state index contributed by atoms with van der Waals surface area (Å²) in [5.74, 6) is -1.16. The molecule has 1 aromatic carbocycles. The van der Waals surface area contributed by atoms with Crippen LogP contribution in [0, 0.1) is 0 Å². The number of carboxylic acid groups (broad SMARTS) is 1. The van der Waals surface area contributed by atoms with Crippen molar-refractivity contribution in [1.29, 1.82) is 0 Å². The molecule has 5 N–H and O–H groups in total.